The fourth-order valence-corrected chi connectivity index (χ4v) is 2.70. The van der Waals surface area contributed by atoms with Crippen LogP contribution in [0.25, 0.3) is 0 Å². The van der Waals surface area contributed by atoms with Gasteiger partial charge in [0.15, 0.2) is 5.16 Å². The van der Waals surface area contributed by atoms with Gasteiger partial charge in [-0.25, -0.2) is 9.97 Å². The van der Waals surface area contributed by atoms with E-state index in [-0.39, 0.29) is 0 Å². The minimum Gasteiger partial charge on any atom is -0.369 e. The van der Waals surface area contributed by atoms with Gasteiger partial charge in [-0.05, 0) is 40.9 Å². The molecule has 1 aromatic rings. The first-order valence-electron chi connectivity index (χ1n) is 5.60. The van der Waals surface area contributed by atoms with Gasteiger partial charge >= 0.3 is 0 Å². The maximum absolute atomic E-state index is 4.45. The number of hydrogen-bond acceptors (Lipinski definition) is 4. The predicted octanol–water partition coefficient (Wildman–Crippen LogP) is 3.56. The van der Waals surface area contributed by atoms with Gasteiger partial charge in [-0.3, -0.25) is 0 Å². The van der Waals surface area contributed by atoms with Gasteiger partial charge in [-0.15, -0.1) is 0 Å². The van der Waals surface area contributed by atoms with Gasteiger partial charge in [0.2, 0.25) is 0 Å². The summed E-state index contributed by atoms with van der Waals surface area (Å²) < 4.78 is 0.947. The van der Waals surface area contributed by atoms with E-state index in [4.69, 9.17) is 0 Å². The highest BCUT2D eigenvalue weighted by Gasteiger charge is 2.15. The number of thioether (sulfide) groups is 1. The van der Waals surface area contributed by atoms with Crippen LogP contribution in [0.3, 0.4) is 0 Å². The van der Waals surface area contributed by atoms with Crippen LogP contribution in [0.2, 0.25) is 0 Å². The molecule has 1 N–H and O–H groups in total. The molecule has 0 aromatic carbocycles. The highest BCUT2D eigenvalue weighted by Crippen LogP contribution is 2.26. The third-order valence-electron chi connectivity index (χ3n) is 2.94. The minimum atomic E-state index is 0.817. The zero-order valence-electron chi connectivity index (χ0n) is 9.37. The Bertz CT molecular complexity index is 353. The summed E-state index contributed by atoms with van der Waals surface area (Å²) in [6, 6.07) is 0. The zero-order chi connectivity index (χ0) is 11.4. The van der Waals surface area contributed by atoms with E-state index in [9.17, 15) is 0 Å². The quantitative estimate of drug-likeness (QED) is 0.681. The van der Waals surface area contributed by atoms with Crippen molar-refractivity contribution in [1.29, 1.82) is 0 Å². The molecule has 0 saturated heterocycles. The predicted molar refractivity (Wildman–Crippen MR) is 72.0 cm³/mol. The molecule has 1 aromatic heterocycles. The smallest absolute Gasteiger partial charge is 0.189 e. The molecule has 0 spiro atoms. The van der Waals surface area contributed by atoms with Gasteiger partial charge in [-0.1, -0.05) is 24.6 Å². The molecule has 16 heavy (non-hydrogen) atoms. The molecule has 0 unspecified atom stereocenters. The highest BCUT2D eigenvalue weighted by atomic mass is 79.9. The molecule has 0 atom stereocenters. The van der Waals surface area contributed by atoms with E-state index in [1.807, 2.05) is 12.5 Å². The van der Waals surface area contributed by atoms with Crippen molar-refractivity contribution in [3.63, 3.8) is 0 Å². The van der Waals surface area contributed by atoms with Gasteiger partial charge in [0, 0.05) is 12.7 Å². The van der Waals surface area contributed by atoms with E-state index in [1.54, 1.807) is 11.8 Å². The molecular weight excluding hydrogens is 286 g/mol. The monoisotopic (exact) mass is 301 g/mol. The average Bonchev–Trinajstić information content (AvgIpc) is 2.81. The van der Waals surface area contributed by atoms with Crippen molar-refractivity contribution in [2.75, 3.05) is 18.1 Å². The van der Waals surface area contributed by atoms with Crippen LogP contribution >= 0.6 is 27.7 Å². The molecule has 0 radical (unpaired) electrons. The molecule has 88 valence electrons. The van der Waals surface area contributed by atoms with E-state index in [0.717, 1.165) is 27.9 Å². The number of nitrogens with one attached hydrogen (secondary N) is 1. The number of aromatic nitrogens is 2. The first-order valence-corrected chi connectivity index (χ1v) is 7.62. The lowest BCUT2D eigenvalue weighted by Crippen LogP contribution is -2.12. The Balaban J connectivity index is 1.96. The number of nitrogens with zero attached hydrogens (tertiary/aromatic N) is 2. The molecule has 0 bridgehead atoms. The lowest BCUT2D eigenvalue weighted by Gasteiger charge is -2.12. The van der Waals surface area contributed by atoms with Crippen molar-refractivity contribution in [3.05, 3.63) is 10.7 Å². The molecule has 0 amide bonds. The lowest BCUT2D eigenvalue weighted by molar-refractivity contribution is 0.578. The standard InChI is InChI=1S/C11H16BrN3S/c1-16-11-14-7-9(12)10(15-11)13-6-8-4-2-3-5-8/h7-8H,2-6H2,1H3,(H,13,14,15). The van der Waals surface area contributed by atoms with Crippen LogP contribution < -0.4 is 5.32 Å². The van der Waals surface area contributed by atoms with E-state index < -0.39 is 0 Å². The molecule has 1 aliphatic rings. The van der Waals surface area contributed by atoms with Gasteiger partial charge in [0.1, 0.15) is 5.82 Å². The number of halogens is 1. The van der Waals surface area contributed by atoms with E-state index in [1.165, 1.54) is 25.7 Å². The third kappa shape index (κ3) is 3.10. The fraction of sp³-hybridized carbons (Fsp3) is 0.636. The van der Waals surface area contributed by atoms with E-state index in [2.05, 4.69) is 31.2 Å². The summed E-state index contributed by atoms with van der Waals surface area (Å²) >= 11 is 5.04. The normalized spacial score (nSPS) is 16.6. The Kier molecular flexibility index (Phi) is 4.46. The summed E-state index contributed by atoms with van der Waals surface area (Å²) in [6.45, 7) is 1.03. The molecule has 1 fully saturated rings. The van der Waals surface area contributed by atoms with Crippen LogP contribution in [0, 0.1) is 5.92 Å². The number of anilines is 1. The SMILES string of the molecule is CSc1ncc(Br)c(NCC2CCCC2)n1. The van der Waals surface area contributed by atoms with Crippen molar-refractivity contribution >= 4 is 33.5 Å². The van der Waals surface area contributed by atoms with Crippen LogP contribution in [-0.4, -0.2) is 22.8 Å². The molecule has 1 heterocycles. The zero-order valence-corrected chi connectivity index (χ0v) is 11.8. The molecule has 1 saturated carbocycles. The number of hydrogen-bond donors (Lipinski definition) is 1. The molecule has 3 nitrogen and oxygen atoms in total. The van der Waals surface area contributed by atoms with Crippen LogP contribution in [-0.2, 0) is 0 Å². The van der Waals surface area contributed by atoms with Crippen LogP contribution in [0.1, 0.15) is 25.7 Å². The van der Waals surface area contributed by atoms with Crippen LogP contribution in [0.15, 0.2) is 15.8 Å². The van der Waals surface area contributed by atoms with E-state index >= 15 is 0 Å². The first-order chi connectivity index (χ1) is 7.79. The topological polar surface area (TPSA) is 37.8 Å². The number of rotatable bonds is 4. The highest BCUT2D eigenvalue weighted by molar-refractivity contribution is 9.10. The average molecular weight is 302 g/mol. The van der Waals surface area contributed by atoms with Crippen molar-refractivity contribution in [1.82, 2.24) is 9.97 Å². The summed E-state index contributed by atoms with van der Waals surface area (Å²) in [6.07, 6.45) is 9.27. The summed E-state index contributed by atoms with van der Waals surface area (Å²) in [5.41, 5.74) is 0. The summed E-state index contributed by atoms with van der Waals surface area (Å²) in [5.74, 6) is 1.74. The van der Waals surface area contributed by atoms with Crippen molar-refractivity contribution < 1.29 is 0 Å². The second-order valence-corrected chi connectivity index (χ2v) is 5.71. The van der Waals surface area contributed by atoms with Gasteiger partial charge < -0.3 is 5.32 Å². The Morgan fingerprint density at radius 2 is 2.25 bits per heavy atom. The third-order valence-corrected chi connectivity index (χ3v) is 4.08. The van der Waals surface area contributed by atoms with Crippen LogP contribution in [0.4, 0.5) is 5.82 Å². The van der Waals surface area contributed by atoms with Crippen molar-refractivity contribution in [2.24, 2.45) is 5.92 Å². The van der Waals surface area contributed by atoms with Gasteiger partial charge in [0.05, 0.1) is 4.47 Å². The van der Waals surface area contributed by atoms with Gasteiger partial charge in [0.25, 0.3) is 0 Å². The molecule has 0 aliphatic heterocycles. The summed E-state index contributed by atoms with van der Waals surface area (Å²) in [4.78, 5) is 8.65. The Morgan fingerprint density at radius 1 is 1.50 bits per heavy atom. The summed E-state index contributed by atoms with van der Waals surface area (Å²) in [5, 5.41) is 4.24. The second kappa shape index (κ2) is 5.87. The Hall–Kier alpha value is -0.290. The van der Waals surface area contributed by atoms with Crippen molar-refractivity contribution in [3.8, 4) is 0 Å². The summed E-state index contributed by atoms with van der Waals surface area (Å²) in [7, 11) is 0. The molecule has 2 rings (SSSR count). The van der Waals surface area contributed by atoms with Gasteiger partial charge in [-0.2, -0.15) is 0 Å². The largest absolute Gasteiger partial charge is 0.369 e. The minimum absolute atomic E-state index is 0.817. The van der Waals surface area contributed by atoms with E-state index in [0.29, 0.717) is 0 Å². The second-order valence-electron chi connectivity index (χ2n) is 4.08. The Labute approximate surface area is 109 Å². The van der Waals surface area contributed by atoms with Crippen LogP contribution in [0.5, 0.6) is 0 Å². The fourth-order valence-electron chi connectivity index (χ4n) is 2.03. The molecule has 1 aliphatic carbocycles. The maximum atomic E-state index is 4.45. The molecular formula is C11H16BrN3S. The van der Waals surface area contributed by atoms with Crippen molar-refractivity contribution in [2.45, 2.75) is 30.8 Å². The maximum Gasteiger partial charge on any atom is 0.189 e. The first kappa shape index (κ1) is 12.2. The molecule has 5 heteroatoms. The lowest BCUT2D eigenvalue weighted by atomic mass is 10.1. The Morgan fingerprint density at radius 3 is 2.94 bits per heavy atom.